The Balaban J connectivity index is 1.93. The summed E-state index contributed by atoms with van der Waals surface area (Å²) >= 11 is 0. The molecule has 0 radical (unpaired) electrons. The van der Waals surface area contributed by atoms with E-state index in [0.29, 0.717) is 24.5 Å². The second-order valence-corrected chi connectivity index (χ2v) is 4.21. The fourth-order valence-electron chi connectivity index (χ4n) is 1.84. The van der Waals surface area contributed by atoms with Crippen molar-refractivity contribution in [1.82, 2.24) is 5.32 Å². The Morgan fingerprint density at radius 1 is 1.61 bits per heavy atom. The molecule has 1 aromatic rings. The van der Waals surface area contributed by atoms with E-state index in [1.807, 2.05) is 0 Å². The minimum Gasteiger partial charge on any atom is -0.491 e. The van der Waals surface area contributed by atoms with Gasteiger partial charge in [-0.3, -0.25) is 10.1 Å². The molecule has 1 saturated heterocycles. The van der Waals surface area contributed by atoms with Crippen molar-refractivity contribution in [2.45, 2.75) is 13.0 Å². The van der Waals surface area contributed by atoms with Crippen LogP contribution in [-0.4, -0.2) is 37.3 Å². The lowest BCUT2D eigenvalue weighted by Gasteiger charge is -2.23. The first-order chi connectivity index (χ1) is 8.66. The minimum atomic E-state index is -0.396. The van der Waals surface area contributed by atoms with Crippen LogP contribution in [0.2, 0.25) is 0 Å². The molecule has 1 aromatic carbocycles. The molecule has 0 bridgehead atoms. The van der Waals surface area contributed by atoms with Gasteiger partial charge in [-0.25, -0.2) is 0 Å². The molecule has 1 heterocycles. The number of nitrogens with one attached hydrogen (secondary N) is 1. The molecular weight excluding hydrogens is 236 g/mol. The molecule has 0 spiro atoms. The third-order valence-electron chi connectivity index (χ3n) is 2.81. The van der Waals surface area contributed by atoms with Crippen LogP contribution in [0.5, 0.6) is 5.75 Å². The van der Waals surface area contributed by atoms with Crippen molar-refractivity contribution in [2.24, 2.45) is 0 Å². The maximum Gasteiger partial charge on any atom is 0.272 e. The van der Waals surface area contributed by atoms with Gasteiger partial charge >= 0.3 is 0 Å². The highest BCUT2D eigenvalue weighted by atomic mass is 16.6. The highest BCUT2D eigenvalue weighted by Gasteiger charge is 2.15. The summed E-state index contributed by atoms with van der Waals surface area (Å²) in [4.78, 5) is 10.3. The summed E-state index contributed by atoms with van der Waals surface area (Å²) in [5.74, 6) is 0.632. The van der Waals surface area contributed by atoms with E-state index in [4.69, 9.17) is 9.47 Å². The van der Waals surface area contributed by atoms with Crippen LogP contribution in [0.15, 0.2) is 18.2 Å². The standard InChI is InChI=1S/C12H16N2O4/c1-9-6-10(2-3-12(9)14(15)16)18-8-11-7-13-4-5-17-11/h2-3,6,11,13H,4-5,7-8H2,1H3. The fraction of sp³-hybridized carbons (Fsp3) is 0.500. The van der Waals surface area contributed by atoms with Gasteiger partial charge in [-0.15, -0.1) is 0 Å². The predicted octanol–water partition coefficient (Wildman–Crippen LogP) is 1.27. The zero-order valence-corrected chi connectivity index (χ0v) is 10.2. The number of morpholine rings is 1. The molecule has 98 valence electrons. The Hall–Kier alpha value is -1.66. The normalized spacial score (nSPS) is 19.5. The largest absolute Gasteiger partial charge is 0.491 e. The Morgan fingerprint density at radius 3 is 3.06 bits per heavy atom. The number of nitro benzene ring substituents is 1. The van der Waals surface area contributed by atoms with E-state index in [-0.39, 0.29) is 11.8 Å². The first-order valence-corrected chi connectivity index (χ1v) is 5.87. The van der Waals surface area contributed by atoms with Gasteiger partial charge in [-0.05, 0) is 19.1 Å². The van der Waals surface area contributed by atoms with Gasteiger partial charge in [0, 0.05) is 24.7 Å². The average Bonchev–Trinajstić information content (AvgIpc) is 2.37. The lowest BCUT2D eigenvalue weighted by Crippen LogP contribution is -2.41. The molecule has 0 aliphatic carbocycles. The highest BCUT2D eigenvalue weighted by molar-refractivity contribution is 5.44. The summed E-state index contributed by atoms with van der Waals surface area (Å²) in [6.45, 7) is 4.47. The van der Waals surface area contributed by atoms with Crippen LogP contribution in [0, 0.1) is 17.0 Å². The van der Waals surface area contributed by atoms with Crippen LogP contribution in [-0.2, 0) is 4.74 Å². The number of aryl methyl sites for hydroxylation is 1. The maximum absolute atomic E-state index is 10.7. The Kier molecular flexibility index (Phi) is 4.11. The lowest BCUT2D eigenvalue weighted by atomic mass is 10.2. The van der Waals surface area contributed by atoms with Crippen molar-refractivity contribution in [1.29, 1.82) is 0 Å². The van der Waals surface area contributed by atoms with E-state index in [1.165, 1.54) is 6.07 Å². The van der Waals surface area contributed by atoms with Gasteiger partial charge < -0.3 is 14.8 Å². The quantitative estimate of drug-likeness (QED) is 0.645. The number of benzene rings is 1. The molecule has 1 aliphatic rings. The predicted molar refractivity (Wildman–Crippen MR) is 65.9 cm³/mol. The highest BCUT2D eigenvalue weighted by Crippen LogP contribution is 2.23. The Bertz CT molecular complexity index is 430. The van der Waals surface area contributed by atoms with Crippen LogP contribution in [0.25, 0.3) is 0 Å². The van der Waals surface area contributed by atoms with Gasteiger partial charge in [0.15, 0.2) is 0 Å². The molecular formula is C12H16N2O4. The molecule has 0 saturated carbocycles. The van der Waals surface area contributed by atoms with Crippen molar-refractivity contribution < 1.29 is 14.4 Å². The number of hydrogen-bond acceptors (Lipinski definition) is 5. The van der Waals surface area contributed by atoms with Gasteiger partial charge in [0.25, 0.3) is 5.69 Å². The molecule has 1 atom stereocenters. The smallest absolute Gasteiger partial charge is 0.272 e. The topological polar surface area (TPSA) is 73.6 Å². The number of rotatable bonds is 4. The summed E-state index contributed by atoms with van der Waals surface area (Å²) in [5.41, 5.74) is 0.707. The summed E-state index contributed by atoms with van der Waals surface area (Å²) < 4.78 is 11.1. The molecule has 18 heavy (non-hydrogen) atoms. The van der Waals surface area contributed by atoms with Gasteiger partial charge in [-0.1, -0.05) is 0 Å². The summed E-state index contributed by atoms with van der Waals surface area (Å²) in [6.07, 6.45) is 0.0363. The van der Waals surface area contributed by atoms with Crippen molar-refractivity contribution in [3.8, 4) is 5.75 Å². The monoisotopic (exact) mass is 252 g/mol. The summed E-state index contributed by atoms with van der Waals surface area (Å²) in [5, 5.41) is 13.9. The number of nitrogens with zero attached hydrogens (tertiary/aromatic N) is 1. The van der Waals surface area contributed by atoms with E-state index in [9.17, 15) is 10.1 Å². The third-order valence-corrected chi connectivity index (χ3v) is 2.81. The minimum absolute atomic E-state index is 0.0363. The number of nitro groups is 1. The second kappa shape index (κ2) is 5.79. The van der Waals surface area contributed by atoms with E-state index in [2.05, 4.69) is 5.32 Å². The fourth-order valence-corrected chi connectivity index (χ4v) is 1.84. The lowest BCUT2D eigenvalue weighted by molar-refractivity contribution is -0.385. The van der Waals surface area contributed by atoms with Crippen molar-refractivity contribution in [3.05, 3.63) is 33.9 Å². The van der Waals surface area contributed by atoms with E-state index < -0.39 is 4.92 Å². The van der Waals surface area contributed by atoms with Crippen LogP contribution < -0.4 is 10.1 Å². The molecule has 6 heteroatoms. The zero-order valence-electron chi connectivity index (χ0n) is 10.2. The first kappa shape index (κ1) is 12.8. The molecule has 1 unspecified atom stereocenters. The molecule has 1 fully saturated rings. The number of hydrogen-bond donors (Lipinski definition) is 1. The molecule has 0 amide bonds. The Labute approximate surface area is 105 Å². The third kappa shape index (κ3) is 3.18. The SMILES string of the molecule is Cc1cc(OCC2CNCCO2)ccc1[N+](=O)[O-]. The number of ether oxygens (including phenoxy) is 2. The zero-order chi connectivity index (χ0) is 13.0. The maximum atomic E-state index is 10.7. The molecule has 2 rings (SSSR count). The van der Waals surface area contributed by atoms with Crippen LogP contribution >= 0.6 is 0 Å². The van der Waals surface area contributed by atoms with Gasteiger partial charge in [0.05, 0.1) is 11.5 Å². The molecule has 1 aliphatic heterocycles. The molecule has 0 aromatic heterocycles. The van der Waals surface area contributed by atoms with Crippen LogP contribution in [0.1, 0.15) is 5.56 Å². The van der Waals surface area contributed by atoms with E-state index in [1.54, 1.807) is 19.1 Å². The Morgan fingerprint density at radius 2 is 2.44 bits per heavy atom. The van der Waals surface area contributed by atoms with Crippen molar-refractivity contribution in [3.63, 3.8) is 0 Å². The van der Waals surface area contributed by atoms with E-state index >= 15 is 0 Å². The van der Waals surface area contributed by atoms with Gasteiger partial charge in [0.2, 0.25) is 0 Å². The van der Waals surface area contributed by atoms with Crippen molar-refractivity contribution in [2.75, 3.05) is 26.3 Å². The van der Waals surface area contributed by atoms with Crippen LogP contribution in [0.3, 0.4) is 0 Å². The first-order valence-electron chi connectivity index (χ1n) is 5.87. The van der Waals surface area contributed by atoms with E-state index in [0.717, 1.165) is 13.1 Å². The summed E-state index contributed by atoms with van der Waals surface area (Å²) in [7, 11) is 0. The van der Waals surface area contributed by atoms with Crippen LogP contribution in [0.4, 0.5) is 5.69 Å². The van der Waals surface area contributed by atoms with Crippen molar-refractivity contribution >= 4 is 5.69 Å². The van der Waals surface area contributed by atoms with Gasteiger partial charge in [0.1, 0.15) is 18.5 Å². The molecule has 1 N–H and O–H groups in total. The molecule has 6 nitrogen and oxygen atoms in total. The second-order valence-electron chi connectivity index (χ2n) is 4.21. The summed E-state index contributed by atoms with van der Waals surface area (Å²) in [6, 6.07) is 4.75. The average molecular weight is 252 g/mol. The van der Waals surface area contributed by atoms with Gasteiger partial charge in [-0.2, -0.15) is 0 Å².